The maximum absolute atomic E-state index is 14.3. The first-order chi connectivity index (χ1) is 20.6. The summed E-state index contributed by atoms with van der Waals surface area (Å²) in [4.78, 5) is 29.7. The van der Waals surface area contributed by atoms with Crippen molar-refractivity contribution in [3.63, 3.8) is 0 Å². The summed E-state index contributed by atoms with van der Waals surface area (Å²) in [5.41, 5.74) is 1.94. The van der Waals surface area contributed by atoms with Crippen molar-refractivity contribution in [1.29, 1.82) is 0 Å². The molecule has 3 aromatic rings. The van der Waals surface area contributed by atoms with E-state index in [0.29, 0.717) is 11.5 Å². The van der Waals surface area contributed by atoms with Gasteiger partial charge in [0.1, 0.15) is 12.6 Å². The topological polar surface area (TPSA) is 105 Å². The van der Waals surface area contributed by atoms with Gasteiger partial charge in [-0.05, 0) is 48.2 Å². The molecule has 0 aliphatic heterocycles. The second kappa shape index (κ2) is 14.7. The highest BCUT2D eigenvalue weighted by Gasteiger charge is 2.34. The number of sulfonamides is 1. The van der Waals surface area contributed by atoms with E-state index >= 15 is 0 Å². The van der Waals surface area contributed by atoms with Crippen LogP contribution in [-0.2, 0) is 32.6 Å². The van der Waals surface area contributed by atoms with Gasteiger partial charge in [0.05, 0.1) is 26.2 Å². The van der Waals surface area contributed by atoms with Crippen LogP contribution in [0.5, 0.6) is 11.5 Å². The summed E-state index contributed by atoms with van der Waals surface area (Å²) in [6.45, 7) is -0.391. The molecule has 1 N–H and O–H groups in total. The Kier molecular flexibility index (Phi) is 11.1. The summed E-state index contributed by atoms with van der Waals surface area (Å²) in [6, 6.07) is 20.9. The van der Waals surface area contributed by atoms with Crippen molar-refractivity contribution in [2.45, 2.75) is 50.7 Å². The van der Waals surface area contributed by atoms with Gasteiger partial charge in [-0.1, -0.05) is 71.2 Å². The molecule has 1 aliphatic carbocycles. The molecule has 43 heavy (non-hydrogen) atoms. The largest absolute Gasteiger partial charge is 0.493 e. The highest BCUT2D eigenvalue weighted by Crippen LogP contribution is 2.32. The highest BCUT2D eigenvalue weighted by atomic mass is 79.9. The number of nitrogens with one attached hydrogen (secondary N) is 1. The van der Waals surface area contributed by atoms with Crippen LogP contribution in [0.2, 0.25) is 0 Å². The number of methoxy groups -OCH3 is 2. The number of halogens is 1. The monoisotopic (exact) mass is 671 g/mol. The van der Waals surface area contributed by atoms with Crippen LogP contribution in [0, 0.1) is 0 Å². The molecule has 4 rings (SSSR count). The predicted octanol–water partition coefficient (Wildman–Crippen LogP) is 4.93. The van der Waals surface area contributed by atoms with Crippen LogP contribution in [0.15, 0.2) is 77.3 Å². The van der Waals surface area contributed by atoms with Crippen molar-refractivity contribution in [2.24, 2.45) is 0 Å². The summed E-state index contributed by atoms with van der Waals surface area (Å²) in [6.07, 6.45) is 5.20. The van der Waals surface area contributed by atoms with E-state index in [1.165, 1.54) is 25.2 Å². The normalized spacial score (nSPS) is 14.1. The standard InChI is InChI=1S/C32H38BrN3O6S/c1-41-29-18-17-27(20-30(29)42-2)36(43(3,39)40)22-31(37)35(21-24-13-15-25(33)16-14-24)28(19-23-9-5-4-6-10-23)32(38)34-26-11-7-8-12-26/h4-6,9-10,13-18,20,26,28H,7-8,11-12,19,21-22H2,1-3H3,(H,34,38)/t28-/m0/s1. The van der Waals surface area contributed by atoms with Gasteiger partial charge in [0.2, 0.25) is 21.8 Å². The van der Waals surface area contributed by atoms with Gasteiger partial charge in [0, 0.05) is 29.5 Å². The van der Waals surface area contributed by atoms with E-state index in [-0.39, 0.29) is 30.6 Å². The van der Waals surface area contributed by atoms with Gasteiger partial charge in [0.25, 0.3) is 0 Å². The van der Waals surface area contributed by atoms with Crippen LogP contribution in [-0.4, -0.2) is 64.2 Å². The van der Waals surface area contributed by atoms with E-state index in [1.807, 2.05) is 54.6 Å². The molecule has 1 fully saturated rings. The van der Waals surface area contributed by atoms with Gasteiger partial charge < -0.3 is 19.7 Å². The van der Waals surface area contributed by atoms with Crippen LogP contribution >= 0.6 is 15.9 Å². The Morgan fingerprint density at radius 1 is 0.930 bits per heavy atom. The smallest absolute Gasteiger partial charge is 0.244 e. The van der Waals surface area contributed by atoms with Gasteiger partial charge >= 0.3 is 0 Å². The van der Waals surface area contributed by atoms with Gasteiger partial charge in [-0.2, -0.15) is 0 Å². The number of hydrogen-bond acceptors (Lipinski definition) is 6. The molecule has 230 valence electrons. The van der Waals surface area contributed by atoms with Gasteiger partial charge in [-0.15, -0.1) is 0 Å². The first-order valence-electron chi connectivity index (χ1n) is 14.2. The molecule has 0 unspecified atom stereocenters. The Balaban J connectivity index is 1.73. The molecule has 1 aliphatic rings. The van der Waals surface area contributed by atoms with E-state index in [9.17, 15) is 18.0 Å². The third kappa shape index (κ3) is 8.73. The second-order valence-corrected chi connectivity index (χ2v) is 13.5. The predicted molar refractivity (Wildman–Crippen MR) is 171 cm³/mol. The van der Waals surface area contributed by atoms with Gasteiger partial charge in [0.15, 0.2) is 11.5 Å². The summed E-state index contributed by atoms with van der Waals surface area (Å²) in [5, 5.41) is 3.17. The van der Waals surface area contributed by atoms with Gasteiger partial charge in [-0.3, -0.25) is 13.9 Å². The van der Waals surface area contributed by atoms with E-state index in [0.717, 1.165) is 51.8 Å². The van der Waals surface area contributed by atoms with Crippen molar-refractivity contribution in [1.82, 2.24) is 10.2 Å². The summed E-state index contributed by atoms with van der Waals surface area (Å²) in [5.74, 6) is -0.0102. The SMILES string of the molecule is COc1ccc(N(CC(=O)N(Cc2ccc(Br)cc2)[C@@H](Cc2ccccc2)C(=O)NC2CCCC2)S(C)(=O)=O)cc1OC. The molecular formula is C32H38BrN3O6S. The third-order valence-electron chi connectivity index (χ3n) is 7.57. The van der Waals surface area contributed by atoms with Crippen molar-refractivity contribution >= 4 is 43.5 Å². The number of benzene rings is 3. The number of ether oxygens (including phenoxy) is 2. The Morgan fingerprint density at radius 3 is 2.19 bits per heavy atom. The number of amides is 2. The lowest BCUT2D eigenvalue weighted by atomic mass is 10.0. The lowest BCUT2D eigenvalue weighted by Crippen LogP contribution is -2.54. The minimum Gasteiger partial charge on any atom is -0.493 e. The highest BCUT2D eigenvalue weighted by molar-refractivity contribution is 9.10. The van der Waals surface area contributed by atoms with Crippen LogP contribution in [0.3, 0.4) is 0 Å². The zero-order valence-electron chi connectivity index (χ0n) is 24.7. The van der Waals surface area contributed by atoms with Crippen molar-refractivity contribution in [3.8, 4) is 11.5 Å². The van der Waals surface area contributed by atoms with Crippen LogP contribution in [0.1, 0.15) is 36.8 Å². The molecule has 0 heterocycles. The molecule has 9 nitrogen and oxygen atoms in total. The molecule has 2 amide bonds. The minimum absolute atomic E-state index is 0.0506. The summed E-state index contributed by atoms with van der Waals surface area (Å²) >= 11 is 3.45. The molecule has 11 heteroatoms. The molecule has 1 saturated carbocycles. The molecule has 3 aromatic carbocycles. The van der Waals surface area contributed by atoms with E-state index in [2.05, 4.69) is 21.2 Å². The fourth-order valence-corrected chi connectivity index (χ4v) is 6.41. The number of hydrogen-bond donors (Lipinski definition) is 1. The first kappa shape index (κ1) is 32.3. The Hall–Kier alpha value is -3.57. The molecule has 1 atom stereocenters. The maximum atomic E-state index is 14.3. The Bertz CT molecular complexity index is 1500. The number of carbonyl (C=O) groups is 2. The van der Waals surface area contributed by atoms with Crippen LogP contribution < -0.4 is 19.1 Å². The molecule has 0 bridgehead atoms. The maximum Gasteiger partial charge on any atom is 0.244 e. The van der Waals surface area contributed by atoms with Gasteiger partial charge in [-0.25, -0.2) is 8.42 Å². The Labute approximate surface area is 262 Å². The number of rotatable bonds is 13. The lowest BCUT2D eigenvalue weighted by Gasteiger charge is -2.34. The van der Waals surface area contributed by atoms with Crippen molar-refractivity contribution in [3.05, 3.63) is 88.4 Å². The minimum atomic E-state index is -3.91. The number of anilines is 1. The van der Waals surface area contributed by atoms with Crippen molar-refractivity contribution < 1.29 is 27.5 Å². The Morgan fingerprint density at radius 2 is 1.58 bits per heavy atom. The zero-order chi connectivity index (χ0) is 31.0. The van der Waals surface area contributed by atoms with Crippen LogP contribution in [0.25, 0.3) is 0 Å². The third-order valence-corrected chi connectivity index (χ3v) is 9.24. The second-order valence-electron chi connectivity index (χ2n) is 10.7. The molecule has 0 saturated heterocycles. The lowest BCUT2D eigenvalue weighted by molar-refractivity contribution is -0.140. The zero-order valence-corrected chi connectivity index (χ0v) is 27.1. The molecule has 0 spiro atoms. The molecule has 0 radical (unpaired) electrons. The first-order valence-corrected chi connectivity index (χ1v) is 16.8. The van der Waals surface area contributed by atoms with Crippen LogP contribution in [0.4, 0.5) is 5.69 Å². The molecular weight excluding hydrogens is 634 g/mol. The average molecular weight is 673 g/mol. The van der Waals surface area contributed by atoms with E-state index in [1.54, 1.807) is 12.1 Å². The van der Waals surface area contributed by atoms with Crippen molar-refractivity contribution in [2.75, 3.05) is 31.3 Å². The summed E-state index contributed by atoms with van der Waals surface area (Å²) < 4.78 is 38.7. The average Bonchev–Trinajstić information content (AvgIpc) is 3.51. The van der Waals surface area contributed by atoms with E-state index in [4.69, 9.17) is 9.47 Å². The quantitative estimate of drug-likeness (QED) is 0.276. The van der Waals surface area contributed by atoms with E-state index < -0.39 is 28.5 Å². The fraction of sp³-hybridized carbons (Fsp3) is 0.375. The fourth-order valence-electron chi connectivity index (χ4n) is 5.30. The number of carbonyl (C=O) groups excluding carboxylic acids is 2. The summed E-state index contributed by atoms with van der Waals surface area (Å²) in [7, 11) is -0.972. The number of nitrogens with zero attached hydrogens (tertiary/aromatic N) is 2. The molecule has 0 aromatic heterocycles.